The van der Waals surface area contributed by atoms with E-state index in [1.165, 1.54) is 6.07 Å². The monoisotopic (exact) mass is 229 g/mol. The fourth-order valence-corrected chi connectivity index (χ4v) is 1.09. The molecule has 1 rings (SSSR count). The number of hydrogen-bond donors (Lipinski definition) is 1. The number of ether oxygens (including phenoxy) is 1. The summed E-state index contributed by atoms with van der Waals surface area (Å²) in [7, 11) is 0. The molecule has 0 fully saturated rings. The SMILES string of the molecule is CC(O)CCOc1ccc(F)cc1[N+](=O)[O-]. The van der Waals surface area contributed by atoms with Crippen molar-refractivity contribution in [3.63, 3.8) is 0 Å². The molecular formula is C10H12FNO4. The lowest BCUT2D eigenvalue weighted by Crippen LogP contribution is -2.08. The second-order valence-corrected chi connectivity index (χ2v) is 3.36. The number of halogens is 1. The van der Waals surface area contributed by atoms with Gasteiger partial charge in [-0.15, -0.1) is 0 Å². The number of benzene rings is 1. The average Bonchev–Trinajstić information content (AvgIpc) is 2.19. The van der Waals surface area contributed by atoms with Crippen LogP contribution >= 0.6 is 0 Å². The average molecular weight is 229 g/mol. The first-order valence-electron chi connectivity index (χ1n) is 4.75. The Kier molecular flexibility index (Phi) is 4.19. The Labute approximate surface area is 91.6 Å². The van der Waals surface area contributed by atoms with Gasteiger partial charge in [-0.2, -0.15) is 0 Å². The molecular weight excluding hydrogens is 217 g/mol. The summed E-state index contributed by atoms with van der Waals surface area (Å²) in [4.78, 5) is 9.87. The Morgan fingerprint density at radius 1 is 1.62 bits per heavy atom. The molecule has 0 aliphatic heterocycles. The second kappa shape index (κ2) is 5.41. The van der Waals surface area contributed by atoms with Crippen LogP contribution in [0.25, 0.3) is 0 Å². The first-order valence-corrected chi connectivity index (χ1v) is 4.75. The fourth-order valence-electron chi connectivity index (χ4n) is 1.09. The zero-order chi connectivity index (χ0) is 12.1. The van der Waals surface area contributed by atoms with Crippen LogP contribution < -0.4 is 4.74 Å². The molecule has 1 atom stereocenters. The predicted octanol–water partition coefficient (Wildman–Crippen LogP) is 1.88. The molecule has 88 valence electrons. The van der Waals surface area contributed by atoms with Crippen molar-refractivity contribution in [1.82, 2.24) is 0 Å². The maximum absolute atomic E-state index is 12.8. The molecule has 1 unspecified atom stereocenters. The lowest BCUT2D eigenvalue weighted by molar-refractivity contribution is -0.386. The molecule has 0 saturated heterocycles. The Morgan fingerprint density at radius 3 is 2.88 bits per heavy atom. The Hall–Kier alpha value is -1.69. The third kappa shape index (κ3) is 3.47. The highest BCUT2D eigenvalue weighted by atomic mass is 19.1. The van der Waals surface area contributed by atoms with Gasteiger partial charge in [-0.05, 0) is 19.1 Å². The lowest BCUT2D eigenvalue weighted by atomic mass is 10.3. The maximum Gasteiger partial charge on any atom is 0.313 e. The van der Waals surface area contributed by atoms with Crippen molar-refractivity contribution in [1.29, 1.82) is 0 Å². The van der Waals surface area contributed by atoms with Gasteiger partial charge >= 0.3 is 5.69 Å². The summed E-state index contributed by atoms with van der Waals surface area (Å²) in [5.74, 6) is -0.679. The zero-order valence-electron chi connectivity index (χ0n) is 8.72. The number of nitrogens with zero attached hydrogens (tertiary/aromatic N) is 1. The standard InChI is InChI=1S/C10H12FNO4/c1-7(13)4-5-16-10-3-2-8(11)6-9(10)12(14)15/h2-3,6-7,13H,4-5H2,1H3. The van der Waals surface area contributed by atoms with Crippen LogP contribution in [0.3, 0.4) is 0 Å². The second-order valence-electron chi connectivity index (χ2n) is 3.36. The van der Waals surface area contributed by atoms with Crippen LogP contribution in [0.15, 0.2) is 18.2 Å². The smallest absolute Gasteiger partial charge is 0.313 e. The number of aliphatic hydroxyl groups is 1. The Morgan fingerprint density at radius 2 is 2.31 bits per heavy atom. The largest absolute Gasteiger partial charge is 0.487 e. The minimum atomic E-state index is -0.708. The third-order valence-corrected chi connectivity index (χ3v) is 1.91. The van der Waals surface area contributed by atoms with Gasteiger partial charge in [0.15, 0.2) is 5.75 Å². The topological polar surface area (TPSA) is 72.6 Å². The van der Waals surface area contributed by atoms with E-state index in [1.807, 2.05) is 0 Å². The Bertz CT molecular complexity index is 381. The van der Waals surface area contributed by atoms with Crippen LogP contribution in [0.5, 0.6) is 5.75 Å². The Balaban J connectivity index is 2.75. The summed E-state index contributed by atoms with van der Waals surface area (Å²) in [6.07, 6.45) is -0.186. The molecule has 0 bridgehead atoms. The van der Waals surface area contributed by atoms with E-state index in [-0.39, 0.29) is 12.4 Å². The number of aliphatic hydroxyl groups excluding tert-OH is 1. The number of rotatable bonds is 5. The number of hydrogen-bond acceptors (Lipinski definition) is 4. The quantitative estimate of drug-likeness (QED) is 0.618. The van der Waals surface area contributed by atoms with Gasteiger partial charge in [0.1, 0.15) is 5.82 Å². The highest BCUT2D eigenvalue weighted by Gasteiger charge is 2.16. The van der Waals surface area contributed by atoms with Gasteiger partial charge in [0, 0.05) is 6.42 Å². The van der Waals surface area contributed by atoms with Crippen molar-refractivity contribution in [2.75, 3.05) is 6.61 Å². The molecule has 1 N–H and O–H groups in total. The highest BCUT2D eigenvalue weighted by Crippen LogP contribution is 2.27. The summed E-state index contributed by atoms with van der Waals surface area (Å²) < 4.78 is 17.9. The predicted molar refractivity (Wildman–Crippen MR) is 54.8 cm³/mol. The van der Waals surface area contributed by atoms with E-state index in [4.69, 9.17) is 9.84 Å². The van der Waals surface area contributed by atoms with Gasteiger partial charge in [0.25, 0.3) is 0 Å². The van der Waals surface area contributed by atoms with Crippen molar-refractivity contribution in [3.05, 3.63) is 34.1 Å². The van der Waals surface area contributed by atoms with Gasteiger partial charge in [0.05, 0.1) is 23.7 Å². The molecule has 6 heteroatoms. The minimum absolute atomic E-state index is 0.00653. The molecule has 16 heavy (non-hydrogen) atoms. The molecule has 0 aliphatic carbocycles. The first-order chi connectivity index (χ1) is 7.50. The van der Waals surface area contributed by atoms with E-state index in [0.29, 0.717) is 6.42 Å². The number of nitro groups is 1. The maximum atomic E-state index is 12.8. The lowest BCUT2D eigenvalue weighted by Gasteiger charge is -2.07. The van der Waals surface area contributed by atoms with Crippen LogP contribution in [0.1, 0.15) is 13.3 Å². The molecule has 0 amide bonds. The van der Waals surface area contributed by atoms with Crippen LogP contribution in [0.4, 0.5) is 10.1 Å². The highest BCUT2D eigenvalue weighted by molar-refractivity contribution is 5.46. The summed E-state index contributed by atoms with van der Waals surface area (Å²) in [6, 6.07) is 3.10. The van der Waals surface area contributed by atoms with Gasteiger partial charge in [0.2, 0.25) is 0 Å². The van der Waals surface area contributed by atoms with Gasteiger partial charge in [-0.25, -0.2) is 4.39 Å². The van der Waals surface area contributed by atoms with Crippen molar-refractivity contribution in [2.24, 2.45) is 0 Å². The molecule has 0 aromatic heterocycles. The van der Waals surface area contributed by atoms with Crippen molar-refractivity contribution < 1.29 is 19.2 Å². The van der Waals surface area contributed by atoms with Crippen molar-refractivity contribution >= 4 is 5.69 Å². The zero-order valence-corrected chi connectivity index (χ0v) is 8.72. The molecule has 0 aliphatic rings. The van der Waals surface area contributed by atoms with E-state index in [9.17, 15) is 14.5 Å². The third-order valence-electron chi connectivity index (χ3n) is 1.91. The molecule has 5 nitrogen and oxygen atoms in total. The molecule has 1 aromatic carbocycles. The molecule has 0 heterocycles. The molecule has 0 spiro atoms. The van der Waals surface area contributed by atoms with E-state index in [1.54, 1.807) is 6.92 Å². The molecule has 0 saturated carbocycles. The van der Waals surface area contributed by atoms with Crippen LogP contribution in [-0.4, -0.2) is 22.7 Å². The van der Waals surface area contributed by atoms with Gasteiger partial charge in [-0.3, -0.25) is 10.1 Å². The van der Waals surface area contributed by atoms with Crippen LogP contribution in [0.2, 0.25) is 0 Å². The van der Waals surface area contributed by atoms with Gasteiger partial charge < -0.3 is 9.84 Å². The van der Waals surface area contributed by atoms with E-state index >= 15 is 0 Å². The van der Waals surface area contributed by atoms with Crippen molar-refractivity contribution in [2.45, 2.75) is 19.4 Å². The van der Waals surface area contributed by atoms with Crippen LogP contribution in [-0.2, 0) is 0 Å². The summed E-state index contributed by atoms with van der Waals surface area (Å²) in [5.41, 5.74) is -0.411. The number of nitro benzene ring substituents is 1. The summed E-state index contributed by atoms with van der Waals surface area (Å²) in [6.45, 7) is 1.73. The molecule has 1 aromatic rings. The van der Waals surface area contributed by atoms with Crippen LogP contribution in [0, 0.1) is 15.9 Å². The first kappa shape index (κ1) is 12.4. The normalized spacial score (nSPS) is 12.2. The minimum Gasteiger partial charge on any atom is -0.487 e. The molecule has 0 radical (unpaired) electrons. The van der Waals surface area contributed by atoms with E-state index in [2.05, 4.69) is 0 Å². The fraction of sp³-hybridized carbons (Fsp3) is 0.400. The van der Waals surface area contributed by atoms with E-state index in [0.717, 1.165) is 12.1 Å². The van der Waals surface area contributed by atoms with E-state index < -0.39 is 22.5 Å². The van der Waals surface area contributed by atoms with Crippen molar-refractivity contribution in [3.8, 4) is 5.75 Å². The summed E-state index contributed by atoms with van der Waals surface area (Å²) in [5, 5.41) is 19.6. The summed E-state index contributed by atoms with van der Waals surface area (Å²) >= 11 is 0. The van der Waals surface area contributed by atoms with Gasteiger partial charge in [-0.1, -0.05) is 0 Å².